The fraction of sp³-hybridized carbons (Fsp3) is 0.321. The normalized spacial score (nSPS) is 16.1. The van der Waals surface area contributed by atoms with Crippen LogP contribution in [0, 0.1) is 0 Å². The number of hydrogen-bond acceptors (Lipinski definition) is 9. The summed E-state index contributed by atoms with van der Waals surface area (Å²) in [5.74, 6) is 0.617. The van der Waals surface area contributed by atoms with Crippen LogP contribution in [0.25, 0.3) is 34.0 Å². The third-order valence-electron chi connectivity index (χ3n) is 6.97. The molecule has 3 heterocycles. The molecule has 10 heteroatoms. The monoisotopic (exact) mass is 532 g/mol. The lowest BCUT2D eigenvalue weighted by Crippen LogP contribution is -2.46. The van der Waals surface area contributed by atoms with Crippen molar-refractivity contribution >= 4 is 21.3 Å². The molecule has 5 rings (SSSR count). The van der Waals surface area contributed by atoms with Crippen LogP contribution < -0.4 is 16.0 Å². The van der Waals surface area contributed by atoms with E-state index in [0.717, 1.165) is 24.2 Å². The van der Waals surface area contributed by atoms with E-state index in [2.05, 4.69) is 44.5 Å². The van der Waals surface area contributed by atoms with Crippen LogP contribution in [0.5, 0.6) is 0 Å². The van der Waals surface area contributed by atoms with Crippen LogP contribution in [-0.4, -0.2) is 48.6 Å². The van der Waals surface area contributed by atoms with Crippen molar-refractivity contribution in [3.05, 3.63) is 60.8 Å². The standard InChI is InChI=1S/C28H32N6O3S/c1-18(2)38(35,36)22-13-9-20(10-14-22)24-17-31-28(29)27(32-24)25-16-23(33-37-25)19-7-11-21(12-8-19)34(3)26-6-4-5-15-30-26/h7-14,16-18,26,30H,4-6,15H2,1-3H3,(H2,29,31). The van der Waals surface area contributed by atoms with Crippen LogP contribution in [-0.2, 0) is 9.84 Å². The number of benzene rings is 2. The number of nitrogens with two attached hydrogens (primary N) is 1. The molecule has 1 atom stereocenters. The van der Waals surface area contributed by atoms with Gasteiger partial charge in [-0.1, -0.05) is 29.4 Å². The van der Waals surface area contributed by atoms with Crippen molar-refractivity contribution in [2.24, 2.45) is 0 Å². The Morgan fingerprint density at radius 2 is 1.71 bits per heavy atom. The van der Waals surface area contributed by atoms with Crippen LogP contribution in [0.15, 0.2) is 70.2 Å². The van der Waals surface area contributed by atoms with Crippen LogP contribution >= 0.6 is 0 Å². The van der Waals surface area contributed by atoms with Gasteiger partial charge in [0.25, 0.3) is 0 Å². The second-order valence-electron chi connectivity index (χ2n) is 9.81. The van der Waals surface area contributed by atoms with Gasteiger partial charge in [0.1, 0.15) is 5.69 Å². The third-order valence-corrected chi connectivity index (χ3v) is 9.14. The summed E-state index contributed by atoms with van der Waals surface area (Å²) in [6.07, 6.45) is 5.49. The van der Waals surface area contributed by atoms with Gasteiger partial charge in [-0.2, -0.15) is 0 Å². The van der Waals surface area contributed by atoms with Crippen molar-refractivity contribution in [2.75, 3.05) is 24.2 Å². The number of anilines is 2. The van der Waals surface area contributed by atoms with E-state index >= 15 is 0 Å². The minimum atomic E-state index is -3.36. The molecule has 0 spiro atoms. The molecule has 1 unspecified atom stereocenters. The molecule has 3 N–H and O–H groups in total. The molecule has 1 aliphatic rings. The molecular weight excluding hydrogens is 500 g/mol. The van der Waals surface area contributed by atoms with Gasteiger partial charge in [-0.05, 0) is 63.9 Å². The molecule has 1 aliphatic heterocycles. The zero-order chi connectivity index (χ0) is 26.9. The zero-order valence-corrected chi connectivity index (χ0v) is 22.6. The Balaban J connectivity index is 1.37. The lowest BCUT2D eigenvalue weighted by Gasteiger charge is -2.33. The van der Waals surface area contributed by atoms with Crippen molar-refractivity contribution in [3.8, 4) is 34.0 Å². The minimum absolute atomic E-state index is 0.215. The summed E-state index contributed by atoms with van der Waals surface area (Å²) in [6.45, 7) is 4.37. The van der Waals surface area contributed by atoms with Gasteiger partial charge in [-0.3, -0.25) is 5.32 Å². The molecule has 2 aromatic heterocycles. The van der Waals surface area contributed by atoms with Gasteiger partial charge in [0, 0.05) is 29.9 Å². The van der Waals surface area contributed by atoms with Crippen molar-refractivity contribution in [2.45, 2.75) is 49.4 Å². The van der Waals surface area contributed by atoms with Gasteiger partial charge in [-0.15, -0.1) is 0 Å². The average molecular weight is 533 g/mol. The molecule has 0 radical (unpaired) electrons. The van der Waals surface area contributed by atoms with Crippen molar-refractivity contribution in [3.63, 3.8) is 0 Å². The van der Waals surface area contributed by atoms with E-state index in [9.17, 15) is 8.42 Å². The lowest BCUT2D eigenvalue weighted by molar-refractivity contribution is 0.397. The molecule has 1 saturated heterocycles. The summed E-state index contributed by atoms with van der Waals surface area (Å²) in [6, 6.07) is 16.6. The van der Waals surface area contributed by atoms with Crippen molar-refractivity contribution < 1.29 is 12.9 Å². The number of sulfone groups is 1. The zero-order valence-electron chi connectivity index (χ0n) is 21.8. The Kier molecular flexibility index (Phi) is 7.18. The predicted octanol–water partition coefficient (Wildman–Crippen LogP) is 4.77. The summed E-state index contributed by atoms with van der Waals surface area (Å²) in [7, 11) is -1.25. The van der Waals surface area contributed by atoms with E-state index in [1.807, 2.05) is 12.1 Å². The number of nitrogen functional groups attached to an aromatic ring is 1. The fourth-order valence-electron chi connectivity index (χ4n) is 4.54. The number of aromatic nitrogens is 3. The largest absolute Gasteiger partial charge is 0.382 e. The van der Waals surface area contributed by atoms with Gasteiger partial charge in [0.2, 0.25) is 0 Å². The predicted molar refractivity (Wildman–Crippen MR) is 149 cm³/mol. The lowest BCUT2D eigenvalue weighted by atomic mass is 10.1. The van der Waals surface area contributed by atoms with Gasteiger partial charge < -0.3 is 15.2 Å². The Morgan fingerprint density at radius 1 is 1.03 bits per heavy atom. The van der Waals surface area contributed by atoms with Crippen LogP contribution in [0.3, 0.4) is 0 Å². The van der Waals surface area contributed by atoms with Gasteiger partial charge in [-0.25, -0.2) is 18.4 Å². The maximum Gasteiger partial charge on any atom is 0.189 e. The summed E-state index contributed by atoms with van der Waals surface area (Å²) >= 11 is 0. The quantitative estimate of drug-likeness (QED) is 0.346. The molecule has 38 heavy (non-hydrogen) atoms. The fourth-order valence-corrected chi connectivity index (χ4v) is 5.60. The average Bonchev–Trinajstić information content (AvgIpc) is 3.44. The van der Waals surface area contributed by atoms with Gasteiger partial charge >= 0.3 is 0 Å². The number of nitrogens with zero attached hydrogens (tertiary/aromatic N) is 4. The minimum Gasteiger partial charge on any atom is -0.382 e. The maximum atomic E-state index is 12.4. The van der Waals surface area contributed by atoms with E-state index in [-0.39, 0.29) is 10.7 Å². The Hall–Kier alpha value is -3.76. The van der Waals surface area contributed by atoms with E-state index in [1.165, 1.54) is 12.8 Å². The number of rotatable bonds is 7. The number of piperidine rings is 1. The highest BCUT2D eigenvalue weighted by atomic mass is 32.2. The highest BCUT2D eigenvalue weighted by Gasteiger charge is 2.21. The van der Waals surface area contributed by atoms with Gasteiger partial charge in [0.15, 0.2) is 27.1 Å². The molecule has 0 aliphatic carbocycles. The first-order valence-corrected chi connectivity index (χ1v) is 14.3. The summed E-state index contributed by atoms with van der Waals surface area (Å²) in [4.78, 5) is 11.5. The first kappa shape index (κ1) is 25.9. The molecule has 0 bridgehead atoms. The first-order valence-electron chi connectivity index (χ1n) is 12.7. The van der Waals surface area contributed by atoms with Crippen LogP contribution in [0.2, 0.25) is 0 Å². The summed E-state index contributed by atoms with van der Waals surface area (Å²) in [5.41, 5.74) is 10.5. The summed E-state index contributed by atoms with van der Waals surface area (Å²) < 4.78 is 30.5. The van der Waals surface area contributed by atoms with E-state index in [4.69, 9.17) is 10.3 Å². The highest BCUT2D eigenvalue weighted by molar-refractivity contribution is 7.92. The maximum absolute atomic E-state index is 12.4. The van der Waals surface area contributed by atoms with E-state index < -0.39 is 15.1 Å². The summed E-state index contributed by atoms with van der Waals surface area (Å²) in [5, 5.41) is 7.30. The Labute approximate surface area is 223 Å². The van der Waals surface area contributed by atoms with Crippen molar-refractivity contribution in [1.82, 2.24) is 20.4 Å². The molecule has 4 aromatic rings. The van der Waals surface area contributed by atoms with Gasteiger partial charge in [0.05, 0.1) is 28.2 Å². The second kappa shape index (κ2) is 10.5. The molecule has 0 amide bonds. The molecular formula is C28H32N6O3S. The Morgan fingerprint density at radius 3 is 2.37 bits per heavy atom. The van der Waals surface area contributed by atoms with Crippen LogP contribution in [0.1, 0.15) is 33.1 Å². The Bertz CT molecular complexity index is 1510. The SMILES string of the molecule is CC(C)S(=O)(=O)c1ccc(-c2cnc(N)c(-c3cc(-c4ccc(N(C)C5CCCCN5)cc4)no3)n2)cc1. The number of hydrogen-bond donors (Lipinski definition) is 2. The topological polar surface area (TPSA) is 127 Å². The smallest absolute Gasteiger partial charge is 0.189 e. The molecule has 0 saturated carbocycles. The molecule has 198 valence electrons. The third kappa shape index (κ3) is 5.14. The second-order valence-corrected chi connectivity index (χ2v) is 12.3. The molecule has 2 aromatic carbocycles. The first-order chi connectivity index (χ1) is 18.2. The highest BCUT2D eigenvalue weighted by Crippen LogP contribution is 2.31. The van der Waals surface area contributed by atoms with E-state index in [0.29, 0.717) is 34.6 Å². The molecule has 1 fully saturated rings. The van der Waals surface area contributed by atoms with E-state index in [1.54, 1.807) is 50.4 Å². The molecule has 9 nitrogen and oxygen atoms in total. The van der Waals surface area contributed by atoms with Crippen molar-refractivity contribution in [1.29, 1.82) is 0 Å². The number of nitrogens with one attached hydrogen (secondary N) is 1. The van der Waals surface area contributed by atoms with Crippen LogP contribution in [0.4, 0.5) is 11.5 Å².